The van der Waals surface area contributed by atoms with Crippen LogP contribution in [0.4, 0.5) is 0 Å². The molecule has 0 radical (unpaired) electrons. The zero-order valence-electron chi connectivity index (χ0n) is 14.1. The molecular weight excluding hydrogens is 314 g/mol. The van der Waals surface area contributed by atoms with Crippen LogP contribution in [0.1, 0.15) is 49.3 Å². The standard InChI is InChI=1S/C19H19N5O/c1-12-6-5-9-23-17(12)22-18-15(19(23)25)10-13(11-20)16(21)24(18)14-7-3-2-4-8-14/h5-6,9-10,14,21H,2-4,7-8H2,1H3. The molecule has 3 aromatic rings. The lowest BCUT2D eigenvalue weighted by Crippen LogP contribution is -2.31. The Kier molecular flexibility index (Phi) is 3.65. The van der Waals surface area contributed by atoms with Crippen LogP contribution in [0, 0.1) is 23.7 Å². The summed E-state index contributed by atoms with van der Waals surface area (Å²) in [5.74, 6) is 0. The van der Waals surface area contributed by atoms with Crippen molar-refractivity contribution in [2.45, 2.75) is 45.1 Å². The molecule has 1 N–H and O–H groups in total. The lowest BCUT2D eigenvalue weighted by molar-refractivity contribution is 0.349. The van der Waals surface area contributed by atoms with Crippen LogP contribution in [-0.2, 0) is 0 Å². The molecule has 0 aromatic carbocycles. The van der Waals surface area contributed by atoms with Gasteiger partial charge in [0.25, 0.3) is 5.56 Å². The van der Waals surface area contributed by atoms with Crippen LogP contribution in [0.5, 0.6) is 0 Å². The summed E-state index contributed by atoms with van der Waals surface area (Å²) >= 11 is 0. The summed E-state index contributed by atoms with van der Waals surface area (Å²) < 4.78 is 3.34. The molecule has 0 atom stereocenters. The van der Waals surface area contributed by atoms with E-state index in [0.717, 1.165) is 31.2 Å². The van der Waals surface area contributed by atoms with E-state index >= 15 is 0 Å². The molecule has 1 aliphatic rings. The fraction of sp³-hybridized carbons (Fsp3) is 0.368. The molecule has 0 unspecified atom stereocenters. The summed E-state index contributed by atoms with van der Waals surface area (Å²) in [5, 5.41) is 18.3. The Balaban J connectivity index is 2.18. The highest BCUT2D eigenvalue weighted by Gasteiger charge is 2.21. The Morgan fingerprint density at radius 2 is 2.04 bits per heavy atom. The molecule has 1 fully saturated rings. The van der Waals surface area contributed by atoms with E-state index in [0.29, 0.717) is 16.7 Å². The topological polar surface area (TPSA) is 86.9 Å². The predicted octanol–water partition coefficient (Wildman–Crippen LogP) is 2.81. The number of aryl methyl sites for hydroxylation is 1. The average Bonchev–Trinajstić information content (AvgIpc) is 2.63. The Hall–Kier alpha value is -2.94. The number of nitrogens with zero attached hydrogens (tertiary/aromatic N) is 4. The second-order valence-electron chi connectivity index (χ2n) is 6.72. The quantitative estimate of drug-likeness (QED) is 0.695. The van der Waals surface area contributed by atoms with Gasteiger partial charge in [0.15, 0.2) is 0 Å². The third-order valence-electron chi connectivity index (χ3n) is 5.14. The molecule has 3 heterocycles. The number of nitriles is 1. The normalized spacial score (nSPS) is 15.5. The molecule has 0 spiro atoms. The van der Waals surface area contributed by atoms with Gasteiger partial charge >= 0.3 is 0 Å². The van der Waals surface area contributed by atoms with Gasteiger partial charge in [0.05, 0.1) is 10.9 Å². The molecule has 0 aliphatic heterocycles. The summed E-state index contributed by atoms with van der Waals surface area (Å²) in [6.45, 7) is 1.92. The third-order valence-corrected chi connectivity index (χ3v) is 5.14. The molecule has 0 saturated heterocycles. The van der Waals surface area contributed by atoms with Gasteiger partial charge in [0.1, 0.15) is 22.9 Å². The van der Waals surface area contributed by atoms with Crippen LogP contribution in [0.25, 0.3) is 16.7 Å². The molecule has 3 aromatic heterocycles. The predicted molar refractivity (Wildman–Crippen MR) is 94.4 cm³/mol. The maximum atomic E-state index is 13.0. The molecule has 6 heteroatoms. The number of hydrogen-bond donors (Lipinski definition) is 1. The molecule has 1 saturated carbocycles. The van der Waals surface area contributed by atoms with E-state index in [4.69, 9.17) is 10.4 Å². The van der Waals surface area contributed by atoms with Crippen molar-refractivity contribution in [3.63, 3.8) is 0 Å². The third kappa shape index (κ3) is 2.35. The number of rotatable bonds is 1. The first-order valence-electron chi connectivity index (χ1n) is 8.63. The SMILES string of the molecule is Cc1cccn2c(=O)c3cc(C#N)c(=N)n(C4CCCCC4)c3nc12. The van der Waals surface area contributed by atoms with Crippen molar-refractivity contribution in [1.82, 2.24) is 14.0 Å². The van der Waals surface area contributed by atoms with E-state index in [1.807, 2.05) is 23.6 Å². The molecule has 25 heavy (non-hydrogen) atoms. The highest BCUT2D eigenvalue weighted by molar-refractivity contribution is 5.78. The lowest BCUT2D eigenvalue weighted by atomic mass is 9.95. The van der Waals surface area contributed by atoms with Crippen molar-refractivity contribution in [3.05, 3.63) is 51.4 Å². The molecule has 4 rings (SSSR count). The van der Waals surface area contributed by atoms with Crippen LogP contribution in [0.15, 0.2) is 29.2 Å². The van der Waals surface area contributed by atoms with Gasteiger partial charge in [-0.15, -0.1) is 0 Å². The smallest absolute Gasteiger partial charge is 0.267 e. The lowest BCUT2D eigenvalue weighted by Gasteiger charge is -2.26. The van der Waals surface area contributed by atoms with E-state index in [1.165, 1.54) is 16.9 Å². The highest BCUT2D eigenvalue weighted by Crippen LogP contribution is 2.29. The minimum absolute atomic E-state index is 0.121. The van der Waals surface area contributed by atoms with Crippen LogP contribution in [0.2, 0.25) is 0 Å². The number of nitrogens with one attached hydrogen (secondary N) is 1. The maximum absolute atomic E-state index is 13.0. The molecular formula is C19H19N5O. The van der Waals surface area contributed by atoms with Gasteiger partial charge in [0, 0.05) is 12.2 Å². The van der Waals surface area contributed by atoms with Crippen LogP contribution < -0.4 is 11.0 Å². The van der Waals surface area contributed by atoms with Gasteiger partial charge in [-0.2, -0.15) is 5.26 Å². The first-order chi connectivity index (χ1) is 12.1. The second-order valence-corrected chi connectivity index (χ2v) is 6.72. The monoisotopic (exact) mass is 333 g/mol. The van der Waals surface area contributed by atoms with Crippen molar-refractivity contribution in [2.24, 2.45) is 0 Å². The molecule has 1 aliphatic carbocycles. The highest BCUT2D eigenvalue weighted by atomic mass is 16.1. The van der Waals surface area contributed by atoms with E-state index < -0.39 is 0 Å². The van der Waals surface area contributed by atoms with Crippen molar-refractivity contribution in [2.75, 3.05) is 0 Å². The Morgan fingerprint density at radius 3 is 2.76 bits per heavy atom. The van der Waals surface area contributed by atoms with Crippen molar-refractivity contribution >= 4 is 16.7 Å². The minimum atomic E-state index is -0.190. The summed E-state index contributed by atoms with van der Waals surface area (Å²) in [5.41, 5.74) is 2.23. The van der Waals surface area contributed by atoms with E-state index in [-0.39, 0.29) is 22.7 Å². The van der Waals surface area contributed by atoms with Crippen LogP contribution in [-0.4, -0.2) is 14.0 Å². The molecule has 6 nitrogen and oxygen atoms in total. The van der Waals surface area contributed by atoms with Crippen LogP contribution >= 0.6 is 0 Å². The van der Waals surface area contributed by atoms with E-state index in [2.05, 4.69) is 6.07 Å². The fourth-order valence-corrected chi connectivity index (χ4v) is 3.84. The van der Waals surface area contributed by atoms with Crippen molar-refractivity contribution in [3.8, 4) is 6.07 Å². The Bertz CT molecular complexity index is 1140. The maximum Gasteiger partial charge on any atom is 0.267 e. The van der Waals surface area contributed by atoms with Crippen molar-refractivity contribution in [1.29, 1.82) is 10.7 Å². The first kappa shape index (κ1) is 15.6. The van der Waals surface area contributed by atoms with Gasteiger partial charge in [-0.05, 0) is 37.5 Å². The van der Waals surface area contributed by atoms with Gasteiger partial charge in [0.2, 0.25) is 0 Å². The second kappa shape index (κ2) is 5.85. The van der Waals surface area contributed by atoms with E-state index in [9.17, 15) is 10.1 Å². The number of fused-ring (bicyclic) bond motifs is 2. The largest absolute Gasteiger partial charge is 0.307 e. The number of hydrogen-bond acceptors (Lipinski definition) is 4. The summed E-state index contributed by atoms with van der Waals surface area (Å²) in [6.07, 6.45) is 6.99. The Labute approximate surface area is 144 Å². The number of aromatic nitrogens is 3. The molecule has 0 amide bonds. The summed E-state index contributed by atoms with van der Waals surface area (Å²) in [6, 6.07) is 7.44. The zero-order chi connectivity index (χ0) is 17.6. The van der Waals surface area contributed by atoms with Crippen LogP contribution in [0.3, 0.4) is 0 Å². The van der Waals surface area contributed by atoms with Gasteiger partial charge < -0.3 is 4.57 Å². The summed E-state index contributed by atoms with van der Waals surface area (Å²) in [4.78, 5) is 17.7. The molecule has 126 valence electrons. The average molecular weight is 333 g/mol. The summed E-state index contributed by atoms with van der Waals surface area (Å²) in [7, 11) is 0. The first-order valence-corrected chi connectivity index (χ1v) is 8.63. The van der Waals surface area contributed by atoms with Gasteiger partial charge in [-0.1, -0.05) is 25.3 Å². The molecule has 0 bridgehead atoms. The number of pyridine rings is 2. The van der Waals surface area contributed by atoms with Gasteiger partial charge in [-0.25, -0.2) is 4.98 Å². The van der Waals surface area contributed by atoms with Crippen molar-refractivity contribution < 1.29 is 0 Å². The van der Waals surface area contributed by atoms with E-state index in [1.54, 1.807) is 6.20 Å². The Morgan fingerprint density at radius 1 is 1.28 bits per heavy atom. The van der Waals surface area contributed by atoms with Gasteiger partial charge in [-0.3, -0.25) is 14.6 Å². The zero-order valence-corrected chi connectivity index (χ0v) is 14.1. The fourth-order valence-electron chi connectivity index (χ4n) is 3.84. The minimum Gasteiger partial charge on any atom is -0.307 e.